The number of nitrogens with zero attached hydrogens (tertiary/aromatic N) is 4. The van der Waals surface area contributed by atoms with Gasteiger partial charge in [-0.25, -0.2) is 9.98 Å². The molecule has 1 fully saturated rings. The third-order valence-electron chi connectivity index (χ3n) is 4.45. The van der Waals surface area contributed by atoms with Crippen LogP contribution in [0.3, 0.4) is 0 Å². The van der Waals surface area contributed by atoms with E-state index in [1.807, 2.05) is 18.6 Å². The SMILES string of the molecule is CCNC(=NCc1ccoc1)N1CCC(C)C(n2ccnc2)C1.I. The fourth-order valence-electron chi connectivity index (χ4n) is 3.07. The van der Waals surface area contributed by atoms with Crippen LogP contribution in [0.1, 0.15) is 31.9 Å². The normalized spacial score (nSPS) is 21.4. The topological polar surface area (TPSA) is 58.6 Å². The zero-order valence-electron chi connectivity index (χ0n) is 14.3. The first-order valence-corrected chi connectivity index (χ1v) is 8.29. The molecule has 2 aromatic rings. The van der Waals surface area contributed by atoms with E-state index in [1.165, 1.54) is 0 Å². The lowest BCUT2D eigenvalue weighted by Gasteiger charge is -2.39. The summed E-state index contributed by atoms with van der Waals surface area (Å²) in [6.07, 6.45) is 10.4. The van der Waals surface area contributed by atoms with Crippen LogP contribution in [0.2, 0.25) is 0 Å². The smallest absolute Gasteiger partial charge is 0.194 e. The maximum atomic E-state index is 5.12. The maximum Gasteiger partial charge on any atom is 0.194 e. The van der Waals surface area contributed by atoms with Crippen molar-refractivity contribution in [2.24, 2.45) is 10.9 Å². The highest BCUT2D eigenvalue weighted by molar-refractivity contribution is 14.0. The number of furan rings is 1. The molecule has 0 radical (unpaired) electrons. The molecule has 24 heavy (non-hydrogen) atoms. The largest absolute Gasteiger partial charge is 0.472 e. The second kappa shape index (κ2) is 9.10. The van der Waals surface area contributed by atoms with Gasteiger partial charge in [-0.1, -0.05) is 6.92 Å². The summed E-state index contributed by atoms with van der Waals surface area (Å²) in [4.78, 5) is 11.3. The number of likely N-dealkylation sites (tertiary alicyclic amines) is 1. The number of halogens is 1. The Morgan fingerprint density at radius 1 is 1.50 bits per heavy atom. The lowest BCUT2D eigenvalue weighted by atomic mass is 9.93. The van der Waals surface area contributed by atoms with E-state index in [4.69, 9.17) is 9.41 Å². The highest BCUT2D eigenvalue weighted by Gasteiger charge is 2.28. The van der Waals surface area contributed by atoms with E-state index in [1.54, 1.807) is 12.5 Å². The van der Waals surface area contributed by atoms with Crippen molar-refractivity contribution < 1.29 is 4.42 Å². The standard InChI is InChI=1S/C17H25N5O.HI/c1-3-19-17(20-10-15-5-9-23-12-15)21-7-4-14(2)16(11-21)22-8-6-18-13-22;/h5-6,8-9,12-14,16H,3-4,7,10-11H2,1-2H3,(H,19,20);1H. The first-order valence-electron chi connectivity index (χ1n) is 8.29. The van der Waals surface area contributed by atoms with Crippen LogP contribution in [0.5, 0.6) is 0 Å². The summed E-state index contributed by atoms with van der Waals surface area (Å²) in [5, 5.41) is 3.42. The molecule has 0 spiro atoms. The van der Waals surface area contributed by atoms with Crippen molar-refractivity contribution in [3.8, 4) is 0 Å². The molecule has 0 aromatic carbocycles. The molecule has 2 atom stereocenters. The Morgan fingerprint density at radius 3 is 3.04 bits per heavy atom. The number of aromatic nitrogens is 2. The fraction of sp³-hybridized carbons (Fsp3) is 0.529. The average molecular weight is 443 g/mol. The third-order valence-corrected chi connectivity index (χ3v) is 4.45. The molecule has 0 bridgehead atoms. The number of guanidine groups is 1. The molecule has 1 saturated heterocycles. The van der Waals surface area contributed by atoms with Crippen molar-refractivity contribution in [1.82, 2.24) is 19.8 Å². The van der Waals surface area contributed by atoms with Crippen LogP contribution >= 0.6 is 24.0 Å². The summed E-state index contributed by atoms with van der Waals surface area (Å²) >= 11 is 0. The number of nitrogens with one attached hydrogen (secondary N) is 1. The maximum absolute atomic E-state index is 5.12. The molecular formula is C17H26IN5O. The molecule has 0 aliphatic carbocycles. The van der Waals surface area contributed by atoms with Gasteiger partial charge >= 0.3 is 0 Å². The minimum absolute atomic E-state index is 0. The number of imidazole rings is 1. The van der Waals surface area contributed by atoms with E-state index in [0.29, 0.717) is 18.5 Å². The van der Waals surface area contributed by atoms with Gasteiger partial charge in [0, 0.05) is 37.6 Å². The van der Waals surface area contributed by atoms with Gasteiger partial charge in [-0.2, -0.15) is 0 Å². The molecule has 1 aliphatic heterocycles. The van der Waals surface area contributed by atoms with Crippen LogP contribution in [-0.4, -0.2) is 40.0 Å². The Morgan fingerprint density at radius 2 is 2.38 bits per heavy atom. The summed E-state index contributed by atoms with van der Waals surface area (Å²) in [6, 6.07) is 2.39. The highest BCUT2D eigenvalue weighted by Crippen LogP contribution is 2.27. The Kier molecular flexibility index (Phi) is 7.14. The second-order valence-electron chi connectivity index (χ2n) is 6.09. The number of rotatable bonds is 4. The minimum atomic E-state index is 0. The van der Waals surface area contributed by atoms with Gasteiger partial charge in [-0.15, -0.1) is 24.0 Å². The Labute approximate surface area is 160 Å². The van der Waals surface area contributed by atoms with Crippen molar-refractivity contribution in [2.75, 3.05) is 19.6 Å². The van der Waals surface area contributed by atoms with Gasteiger partial charge in [-0.3, -0.25) is 0 Å². The van der Waals surface area contributed by atoms with Gasteiger partial charge in [0.15, 0.2) is 5.96 Å². The Balaban J connectivity index is 0.00000208. The molecule has 1 N–H and O–H groups in total. The third kappa shape index (κ3) is 4.52. The van der Waals surface area contributed by atoms with E-state index >= 15 is 0 Å². The molecule has 132 valence electrons. The van der Waals surface area contributed by atoms with Crippen LogP contribution in [0, 0.1) is 5.92 Å². The molecule has 6 nitrogen and oxygen atoms in total. The lowest BCUT2D eigenvalue weighted by Crippen LogP contribution is -2.49. The van der Waals surface area contributed by atoms with E-state index in [0.717, 1.165) is 37.6 Å². The summed E-state index contributed by atoms with van der Waals surface area (Å²) < 4.78 is 7.34. The fourth-order valence-corrected chi connectivity index (χ4v) is 3.07. The summed E-state index contributed by atoms with van der Waals surface area (Å²) in [5.74, 6) is 1.61. The van der Waals surface area contributed by atoms with Crippen molar-refractivity contribution in [3.05, 3.63) is 42.9 Å². The number of hydrogen-bond acceptors (Lipinski definition) is 3. The van der Waals surface area contributed by atoms with Crippen molar-refractivity contribution >= 4 is 29.9 Å². The molecule has 0 amide bonds. The highest BCUT2D eigenvalue weighted by atomic mass is 127. The van der Waals surface area contributed by atoms with Crippen molar-refractivity contribution in [2.45, 2.75) is 32.9 Å². The van der Waals surface area contributed by atoms with E-state index < -0.39 is 0 Å². The van der Waals surface area contributed by atoms with Gasteiger partial charge in [0.05, 0.1) is 31.4 Å². The van der Waals surface area contributed by atoms with Crippen LogP contribution in [0.25, 0.3) is 0 Å². The predicted molar refractivity (Wildman–Crippen MR) is 106 cm³/mol. The van der Waals surface area contributed by atoms with E-state index in [2.05, 4.69) is 39.8 Å². The first kappa shape index (κ1) is 18.8. The number of aliphatic imine (C=N–C) groups is 1. The molecule has 2 unspecified atom stereocenters. The van der Waals surface area contributed by atoms with E-state index in [9.17, 15) is 0 Å². The van der Waals surface area contributed by atoms with Crippen LogP contribution in [0.15, 0.2) is 46.7 Å². The summed E-state index contributed by atoms with van der Waals surface area (Å²) in [7, 11) is 0. The minimum Gasteiger partial charge on any atom is -0.472 e. The zero-order valence-corrected chi connectivity index (χ0v) is 16.6. The van der Waals surface area contributed by atoms with E-state index in [-0.39, 0.29) is 24.0 Å². The quantitative estimate of drug-likeness (QED) is 0.448. The van der Waals surface area contributed by atoms with Gasteiger partial charge in [0.1, 0.15) is 0 Å². The Bertz CT molecular complexity index is 611. The van der Waals surface area contributed by atoms with Gasteiger partial charge in [0.2, 0.25) is 0 Å². The molecule has 3 heterocycles. The van der Waals surface area contributed by atoms with Gasteiger partial charge in [-0.05, 0) is 25.3 Å². The number of piperidine rings is 1. The molecule has 2 aromatic heterocycles. The lowest BCUT2D eigenvalue weighted by molar-refractivity contribution is 0.189. The predicted octanol–water partition coefficient (Wildman–Crippen LogP) is 3.14. The van der Waals surface area contributed by atoms with Crippen molar-refractivity contribution in [3.63, 3.8) is 0 Å². The van der Waals surface area contributed by atoms with Crippen LogP contribution in [0.4, 0.5) is 0 Å². The zero-order chi connectivity index (χ0) is 16.1. The number of hydrogen-bond donors (Lipinski definition) is 1. The molecular weight excluding hydrogens is 417 g/mol. The monoisotopic (exact) mass is 443 g/mol. The second-order valence-corrected chi connectivity index (χ2v) is 6.09. The summed E-state index contributed by atoms with van der Waals surface area (Å²) in [5.41, 5.74) is 1.09. The van der Waals surface area contributed by atoms with Crippen molar-refractivity contribution in [1.29, 1.82) is 0 Å². The molecule has 3 rings (SSSR count). The first-order chi connectivity index (χ1) is 11.3. The van der Waals surface area contributed by atoms with Crippen LogP contribution < -0.4 is 5.32 Å². The molecule has 7 heteroatoms. The Hall–Kier alpha value is -1.51. The van der Waals surface area contributed by atoms with Gasteiger partial charge in [0.25, 0.3) is 0 Å². The summed E-state index contributed by atoms with van der Waals surface area (Å²) in [6.45, 7) is 7.91. The van der Waals surface area contributed by atoms with Gasteiger partial charge < -0.3 is 19.2 Å². The van der Waals surface area contributed by atoms with Crippen LogP contribution in [-0.2, 0) is 6.54 Å². The average Bonchev–Trinajstić information content (AvgIpc) is 3.25. The molecule has 0 saturated carbocycles. The molecule has 1 aliphatic rings.